The lowest BCUT2D eigenvalue weighted by molar-refractivity contribution is 0.0989. The molecule has 0 aliphatic carbocycles. The van der Waals surface area contributed by atoms with Gasteiger partial charge in [-0.15, -0.1) is 0 Å². The van der Waals surface area contributed by atoms with Gasteiger partial charge in [0.15, 0.2) is 0 Å². The molecule has 1 saturated heterocycles. The molecule has 0 saturated carbocycles. The Bertz CT molecular complexity index is 810. The first-order valence-corrected chi connectivity index (χ1v) is 8.98. The molecule has 2 aliphatic heterocycles. The predicted octanol–water partition coefficient (Wildman–Crippen LogP) is 3.34. The first-order valence-electron chi connectivity index (χ1n) is 8.98. The summed E-state index contributed by atoms with van der Waals surface area (Å²) in [7, 11) is 0. The van der Waals surface area contributed by atoms with Crippen molar-refractivity contribution in [2.75, 3.05) is 42.6 Å². The Kier molecular flexibility index (Phi) is 4.22. The molecule has 1 fully saturated rings. The van der Waals surface area contributed by atoms with Gasteiger partial charge >= 0.3 is 0 Å². The monoisotopic (exact) mass is 336 g/mol. The number of hydrogen-bond acceptors (Lipinski definition) is 3. The van der Waals surface area contributed by atoms with Crippen molar-refractivity contribution in [1.82, 2.24) is 0 Å². The Labute approximate surface area is 149 Å². The van der Waals surface area contributed by atoms with Crippen molar-refractivity contribution in [3.63, 3.8) is 0 Å². The molecular weight excluding hydrogens is 312 g/mol. The summed E-state index contributed by atoms with van der Waals surface area (Å²) in [5.74, 6) is 0.0981. The van der Waals surface area contributed by atoms with Crippen LogP contribution in [0.1, 0.15) is 27.0 Å². The molecule has 0 spiro atoms. The van der Waals surface area contributed by atoms with E-state index in [1.54, 1.807) is 0 Å². The van der Waals surface area contributed by atoms with Gasteiger partial charge in [-0.2, -0.15) is 0 Å². The van der Waals surface area contributed by atoms with E-state index in [2.05, 4.69) is 36.9 Å². The zero-order valence-electron chi connectivity index (χ0n) is 14.9. The van der Waals surface area contributed by atoms with Crippen LogP contribution in [-0.2, 0) is 11.2 Å². The summed E-state index contributed by atoms with van der Waals surface area (Å²) in [6.07, 6.45) is 0.926. The minimum absolute atomic E-state index is 0.0981. The average molecular weight is 336 g/mol. The highest BCUT2D eigenvalue weighted by atomic mass is 16.5. The van der Waals surface area contributed by atoms with Crippen LogP contribution in [0.5, 0.6) is 0 Å². The van der Waals surface area contributed by atoms with Gasteiger partial charge in [0.1, 0.15) is 0 Å². The van der Waals surface area contributed by atoms with E-state index >= 15 is 0 Å². The van der Waals surface area contributed by atoms with E-state index in [-0.39, 0.29) is 5.91 Å². The summed E-state index contributed by atoms with van der Waals surface area (Å²) in [5, 5.41) is 0. The maximum Gasteiger partial charge on any atom is 0.258 e. The third-order valence-electron chi connectivity index (χ3n) is 5.34. The number of benzene rings is 2. The smallest absolute Gasteiger partial charge is 0.258 e. The summed E-state index contributed by atoms with van der Waals surface area (Å²) in [5.41, 5.74) is 6.65. The second-order valence-corrected chi connectivity index (χ2v) is 6.92. The molecule has 2 aliphatic rings. The normalized spacial score (nSPS) is 16.9. The summed E-state index contributed by atoms with van der Waals surface area (Å²) in [6.45, 7) is 8.23. The fourth-order valence-corrected chi connectivity index (χ4v) is 3.63. The molecule has 25 heavy (non-hydrogen) atoms. The topological polar surface area (TPSA) is 32.8 Å². The van der Waals surface area contributed by atoms with E-state index in [4.69, 9.17) is 4.74 Å². The molecule has 0 bridgehead atoms. The number of rotatable bonds is 2. The van der Waals surface area contributed by atoms with Gasteiger partial charge in [-0.05, 0) is 61.2 Å². The fraction of sp³-hybridized carbons (Fsp3) is 0.381. The quantitative estimate of drug-likeness (QED) is 0.843. The van der Waals surface area contributed by atoms with Crippen LogP contribution in [0.4, 0.5) is 11.4 Å². The highest BCUT2D eigenvalue weighted by molar-refractivity contribution is 6.07. The number of carbonyl (C=O) groups is 1. The first kappa shape index (κ1) is 16.2. The molecule has 1 amide bonds. The molecule has 4 nitrogen and oxygen atoms in total. The zero-order chi connectivity index (χ0) is 17.4. The average Bonchev–Trinajstić information content (AvgIpc) is 3.07. The van der Waals surface area contributed by atoms with Crippen LogP contribution in [0.25, 0.3) is 0 Å². The van der Waals surface area contributed by atoms with Crippen molar-refractivity contribution in [3.8, 4) is 0 Å². The number of ether oxygens (including phenoxy) is 1. The number of hydrogen-bond donors (Lipinski definition) is 0. The van der Waals surface area contributed by atoms with Gasteiger partial charge in [0.05, 0.1) is 13.2 Å². The Morgan fingerprint density at radius 2 is 1.76 bits per heavy atom. The van der Waals surface area contributed by atoms with Gasteiger partial charge < -0.3 is 14.5 Å². The molecule has 4 rings (SSSR count). The van der Waals surface area contributed by atoms with Crippen molar-refractivity contribution in [3.05, 3.63) is 58.7 Å². The van der Waals surface area contributed by atoms with Crippen LogP contribution in [0.15, 0.2) is 36.4 Å². The minimum Gasteiger partial charge on any atom is -0.378 e. The van der Waals surface area contributed by atoms with Crippen molar-refractivity contribution in [2.24, 2.45) is 0 Å². The third-order valence-corrected chi connectivity index (χ3v) is 5.34. The van der Waals surface area contributed by atoms with E-state index in [0.29, 0.717) is 0 Å². The minimum atomic E-state index is 0.0981. The second-order valence-electron chi connectivity index (χ2n) is 6.92. The highest BCUT2D eigenvalue weighted by Gasteiger charge is 2.27. The molecule has 0 aromatic heterocycles. The van der Waals surface area contributed by atoms with E-state index in [1.807, 2.05) is 23.1 Å². The Balaban J connectivity index is 1.63. The maximum atomic E-state index is 13.1. The second kappa shape index (κ2) is 6.52. The van der Waals surface area contributed by atoms with Crippen LogP contribution in [-0.4, -0.2) is 38.8 Å². The number of fused-ring (bicyclic) bond motifs is 1. The molecule has 0 N–H and O–H groups in total. The molecule has 2 heterocycles. The van der Waals surface area contributed by atoms with Crippen LogP contribution in [0.2, 0.25) is 0 Å². The van der Waals surface area contributed by atoms with Crippen LogP contribution < -0.4 is 9.80 Å². The summed E-state index contributed by atoms with van der Waals surface area (Å²) >= 11 is 0. The largest absolute Gasteiger partial charge is 0.378 e. The number of carbonyl (C=O) groups excluding carboxylic acids is 1. The van der Waals surface area contributed by atoms with E-state index in [0.717, 1.165) is 56.1 Å². The first-order chi connectivity index (χ1) is 12.1. The molecule has 4 heteroatoms. The van der Waals surface area contributed by atoms with Gasteiger partial charge in [0.25, 0.3) is 5.91 Å². The van der Waals surface area contributed by atoms with Gasteiger partial charge in [-0.25, -0.2) is 0 Å². The van der Waals surface area contributed by atoms with Crippen molar-refractivity contribution < 1.29 is 9.53 Å². The highest BCUT2D eigenvalue weighted by Crippen LogP contribution is 2.33. The van der Waals surface area contributed by atoms with Crippen molar-refractivity contribution in [2.45, 2.75) is 20.3 Å². The van der Waals surface area contributed by atoms with E-state index < -0.39 is 0 Å². The van der Waals surface area contributed by atoms with Crippen LogP contribution >= 0.6 is 0 Å². The molecule has 0 unspecified atom stereocenters. The lowest BCUT2D eigenvalue weighted by Crippen LogP contribution is -2.36. The van der Waals surface area contributed by atoms with Gasteiger partial charge in [-0.3, -0.25) is 4.79 Å². The molecule has 2 aromatic rings. The summed E-state index contributed by atoms with van der Waals surface area (Å²) in [6, 6.07) is 12.5. The Hall–Kier alpha value is -2.33. The Morgan fingerprint density at radius 3 is 2.52 bits per heavy atom. The third kappa shape index (κ3) is 3.02. The number of amides is 1. The number of nitrogens with zero attached hydrogens (tertiary/aromatic N) is 2. The number of morpholine rings is 1. The lowest BCUT2D eigenvalue weighted by atomic mass is 10.1. The molecule has 0 radical (unpaired) electrons. The van der Waals surface area contributed by atoms with E-state index in [1.165, 1.54) is 16.8 Å². The van der Waals surface area contributed by atoms with E-state index in [9.17, 15) is 4.79 Å². The predicted molar refractivity (Wildman–Crippen MR) is 101 cm³/mol. The van der Waals surface area contributed by atoms with Gasteiger partial charge in [-0.1, -0.05) is 12.1 Å². The number of aryl methyl sites for hydroxylation is 2. The molecule has 2 aromatic carbocycles. The molecular formula is C21H24N2O2. The maximum absolute atomic E-state index is 13.1. The Morgan fingerprint density at radius 1 is 0.960 bits per heavy atom. The molecule has 130 valence electrons. The van der Waals surface area contributed by atoms with Crippen LogP contribution in [0, 0.1) is 13.8 Å². The van der Waals surface area contributed by atoms with Gasteiger partial charge in [0.2, 0.25) is 0 Å². The summed E-state index contributed by atoms with van der Waals surface area (Å²) < 4.78 is 5.45. The van der Waals surface area contributed by atoms with Gasteiger partial charge in [0, 0.05) is 36.6 Å². The molecule has 0 atom stereocenters. The lowest BCUT2D eigenvalue weighted by Gasteiger charge is -2.29. The fourth-order valence-electron chi connectivity index (χ4n) is 3.63. The SMILES string of the molecule is Cc1ccc(C(=O)N2CCc3ccc(N4CCOCC4)cc32)cc1C. The zero-order valence-corrected chi connectivity index (χ0v) is 14.9. The van der Waals surface area contributed by atoms with Crippen molar-refractivity contribution in [1.29, 1.82) is 0 Å². The number of anilines is 2. The standard InChI is InChI=1S/C21H24N2O2/c1-15-3-4-18(13-16(15)2)21(24)23-8-7-17-5-6-19(14-20(17)23)22-9-11-25-12-10-22/h3-6,13-14H,7-12H2,1-2H3. The van der Waals surface area contributed by atoms with Crippen molar-refractivity contribution >= 4 is 17.3 Å². The summed E-state index contributed by atoms with van der Waals surface area (Å²) in [4.78, 5) is 17.3. The van der Waals surface area contributed by atoms with Crippen LogP contribution in [0.3, 0.4) is 0 Å².